The number of amides is 1. The zero-order valence-electron chi connectivity index (χ0n) is 8.34. The zero-order valence-corrected chi connectivity index (χ0v) is 12.3. The summed E-state index contributed by atoms with van der Waals surface area (Å²) in [4.78, 5) is 12.5. The van der Waals surface area contributed by atoms with Crippen LogP contribution in [0.1, 0.15) is 9.67 Å². The molecule has 0 bridgehead atoms. The number of nitrogens with one attached hydrogen (secondary N) is 1. The molecule has 1 N–H and O–H groups in total. The largest absolute Gasteiger partial charge is 0.321 e. The molecule has 2 aromatic rings. The molecule has 0 aliphatic carbocycles. The fourth-order valence-corrected chi connectivity index (χ4v) is 2.78. The van der Waals surface area contributed by atoms with Crippen molar-refractivity contribution in [2.45, 2.75) is 0 Å². The lowest BCUT2D eigenvalue weighted by molar-refractivity contribution is 0.103. The molecule has 17 heavy (non-hydrogen) atoms. The zero-order chi connectivity index (χ0) is 12.4. The fraction of sp³-hybridized carbons (Fsp3) is 0. The van der Waals surface area contributed by atoms with Gasteiger partial charge >= 0.3 is 0 Å². The van der Waals surface area contributed by atoms with E-state index in [2.05, 4.69) is 21.2 Å². The lowest BCUT2D eigenvalue weighted by Crippen LogP contribution is -2.09. The molecule has 0 unspecified atom stereocenters. The Morgan fingerprint density at radius 2 is 1.94 bits per heavy atom. The van der Waals surface area contributed by atoms with Crippen LogP contribution in [0, 0.1) is 0 Å². The maximum Gasteiger partial charge on any atom is 0.265 e. The van der Waals surface area contributed by atoms with Crippen molar-refractivity contribution in [3.8, 4) is 0 Å². The SMILES string of the molecule is O=C(Nc1ccc(Cl)c(Cl)c1)c1ccc(Br)s1. The van der Waals surface area contributed by atoms with Crippen LogP contribution in [-0.4, -0.2) is 5.91 Å². The molecule has 0 aliphatic heterocycles. The van der Waals surface area contributed by atoms with Crippen molar-refractivity contribution in [2.75, 3.05) is 5.32 Å². The number of carbonyl (C=O) groups is 1. The van der Waals surface area contributed by atoms with Crippen molar-refractivity contribution in [1.29, 1.82) is 0 Å². The molecule has 1 aromatic carbocycles. The molecule has 0 aliphatic rings. The van der Waals surface area contributed by atoms with Gasteiger partial charge in [-0.2, -0.15) is 0 Å². The highest BCUT2D eigenvalue weighted by atomic mass is 79.9. The van der Waals surface area contributed by atoms with Crippen molar-refractivity contribution in [1.82, 2.24) is 0 Å². The van der Waals surface area contributed by atoms with E-state index in [-0.39, 0.29) is 5.91 Å². The second-order valence-electron chi connectivity index (χ2n) is 3.19. The van der Waals surface area contributed by atoms with E-state index in [1.54, 1.807) is 24.3 Å². The summed E-state index contributed by atoms with van der Waals surface area (Å²) >= 11 is 16.3. The van der Waals surface area contributed by atoms with Crippen LogP contribution in [0.5, 0.6) is 0 Å². The van der Waals surface area contributed by atoms with Crippen LogP contribution >= 0.6 is 50.5 Å². The van der Waals surface area contributed by atoms with E-state index in [9.17, 15) is 4.79 Å². The van der Waals surface area contributed by atoms with Crippen LogP contribution in [-0.2, 0) is 0 Å². The summed E-state index contributed by atoms with van der Waals surface area (Å²) in [5.74, 6) is -0.168. The Hall–Kier alpha value is -0.550. The number of halogens is 3. The van der Waals surface area contributed by atoms with Crippen molar-refractivity contribution >= 4 is 62.1 Å². The minimum Gasteiger partial charge on any atom is -0.321 e. The summed E-state index contributed by atoms with van der Waals surface area (Å²) in [5.41, 5.74) is 0.619. The third-order valence-electron chi connectivity index (χ3n) is 1.97. The van der Waals surface area contributed by atoms with Gasteiger partial charge in [-0.3, -0.25) is 4.79 Å². The maximum atomic E-state index is 11.8. The molecule has 6 heteroatoms. The van der Waals surface area contributed by atoms with Gasteiger partial charge in [-0.25, -0.2) is 0 Å². The standard InChI is InChI=1S/C11H6BrCl2NOS/c12-10-4-3-9(17-10)11(16)15-6-1-2-7(13)8(14)5-6/h1-5H,(H,15,16). The number of rotatable bonds is 2. The first-order valence-corrected chi connectivity index (χ1v) is 6.94. The predicted octanol–water partition coefficient (Wildman–Crippen LogP) is 5.07. The molecular weight excluding hydrogens is 345 g/mol. The molecule has 0 saturated heterocycles. The van der Waals surface area contributed by atoms with E-state index >= 15 is 0 Å². The van der Waals surface area contributed by atoms with E-state index in [4.69, 9.17) is 23.2 Å². The Labute approximate surface area is 121 Å². The summed E-state index contributed by atoms with van der Waals surface area (Å²) in [7, 11) is 0. The number of carbonyl (C=O) groups excluding carboxylic acids is 1. The summed E-state index contributed by atoms with van der Waals surface area (Å²) in [6.07, 6.45) is 0. The van der Waals surface area contributed by atoms with Crippen molar-refractivity contribution < 1.29 is 4.79 Å². The summed E-state index contributed by atoms with van der Waals surface area (Å²) in [6, 6.07) is 8.54. The topological polar surface area (TPSA) is 29.1 Å². The first-order chi connectivity index (χ1) is 8.06. The van der Waals surface area contributed by atoms with Crippen molar-refractivity contribution in [3.05, 3.63) is 49.0 Å². The van der Waals surface area contributed by atoms with Gasteiger partial charge in [0.2, 0.25) is 0 Å². The Bertz CT molecular complexity index is 570. The van der Waals surface area contributed by atoms with Gasteiger partial charge < -0.3 is 5.32 Å². The van der Waals surface area contributed by atoms with Crippen LogP contribution in [0.15, 0.2) is 34.1 Å². The second kappa shape index (κ2) is 5.40. The minimum atomic E-state index is -0.168. The third kappa shape index (κ3) is 3.22. The number of benzene rings is 1. The molecule has 1 aromatic heterocycles. The quantitative estimate of drug-likeness (QED) is 0.804. The highest BCUT2D eigenvalue weighted by molar-refractivity contribution is 9.11. The second-order valence-corrected chi connectivity index (χ2v) is 6.46. The van der Waals surface area contributed by atoms with E-state index in [0.717, 1.165) is 3.79 Å². The van der Waals surface area contributed by atoms with E-state index in [0.29, 0.717) is 20.6 Å². The van der Waals surface area contributed by atoms with Crippen molar-refractivity contribution in [3.63, 3.8) is 0 Å². The highest BCUT2D eigenvalue weighted by Crippen LogP contribution is 2.26. The summed E-state index contributed by atoms with van der Waals surface area (Å²) in [5, 5.41) is 3.62. The van der Waals surface area contributed by atoms with Crippen LogP contribution in [0.3, 0.4) is 0 Å². The fourth-order valence-electron chi connectivity index (χ4n) is 1.20. The lowest BCUT2D eigenvalue weighted by Gasteiger charge is -2.04. The molecule has 2 nitrogen and oxygen atoms in total. The van der Waals surface area contributed by atoms with E-state index in [1.165, 1.54) is 11.3 Å². The highest BCUT2D eigenvalue weighted by Gasteiger charge is 2.09. The van der Waals surface area contributed by atoms with Gasteiger partial charge in [-0.05, 0) is 46.3 Å². The number of hydrogen-bond donors (Lipinski definition) is 1. The Kier molecular flexibility index (Phi) is 4.09. The predicted molar refractivity (Wildman–Crippen MR) is 76.4 cm³/mol. The first-order valence-electron chi connectivity index (χ1n) is 4.58. The van der Waals surface area contributed by atoms with Gasteiger partial charge in [0.25, 0.3) is 5.91 Å². The van der Waals surface area contributed by atoms with Gasteiger partial charge in [0, 0.05) is 5.69 Å². The van der Waals surface area contributed by atoms with E-state index in [1.807, 2.05) is 6.07 Å². The Morgan fingerprint density at radius 1 is 1.18 bits per heavy atom. The van der Waals surface area contributed by atoms with Crippen LogP contribution in [0.4, 0.5) is 5.69 Å². The lowest BCUT2D eigenvalue weighted by atomic mass is 10.3. The molecule has 2 rings (SSSR count). The number of anilines is 1. The monoisotopic (exact) mass is 349 g/mol. The van der Waals surface area contributed by atoms with Crippen LogP contribution < -0.4 is 5.32 Å². The normalized spacial score (nSPS) is 10.3. The summed E-state index contributed by atoms with van der Waals surface area (Å²) < 4.78 is 0.914. The Morgan fingerprint density at radius 3 is 2.53 bits per heavy atom. The average molecular weight is 351 g/mol. The van der Waals surface area contributed by atoms with E-state index < -0.39 is 0 Å². The summed E-state index contributed by atoms with van der Waals surface area (Å²) in [6.45, 7) is 0. The maximum absolute atomic E-state index is 11.8. The molecule has 0 saturated carbocycles. The van der Waals surface area contributed by atoms with Crippen molar-refractivity contribution in [2.24, 2.45) is 0 Å². The molecule has 1 amide bonds. The molecule has 88 valence electrons. The third-order valence-corrected chi connectivity index (χ3v) is 4.34. The smallest absolute Gasteiger partial charge is 0.265 e. The molecule has 0 atom stereocenters. The first kappa shape index (κ1) is 12.9. The Balaban J connectivity index is 2.15. The van der Waals surface area contributed by atoms with Gasteiger partial charge in [0.15, 0.2) is 0 Å². The van der Waals surface area contributed by atoms with Gasteiger partial charge in [-0.1, -0.05) is 23.2 Å². The van der Waals surface area contributed by atoms with Gasteiger partial charge in [0.1, 0.15) is 0 Å². The molecular formula is C11H6BrCl2NOS. The van der Waals surface area contributed by atoms with Gasteiger partial charge in [0.05, 0.1) is 18.7 Å². The minimum absolute atomic E-state index is 0.168. The molecule has 0 fully saturated rings. The molecule has 0 radical (unpaired) electrons. The molecule has 0 spiro atoms. The number of thiophene rings is 1. The number of hydrogen-bond acceptors (Lipinski definition) is 2. The van der Waals surface area contributed by atoms with Crippen LogP contribution in [0.2, 0.25) is 10.0 Å². The van der Waals surface area contributed by atoms with Gasteiger partial charge in [-0.15, -0.1) is 11.3 Å². The molecule has 1 heterocycles. The van der Waals surface area contributed by atoms with Crippen LogP contribution in [0.25, 0.3) is 0 Å². The average Bonchev–Trinajstić information content (AvgIpc) is 2.70.